The summed E-state index contributed by atoms with van der Waals surface area (Å²) < 4.78 is 0. The predicted octanol–water partition coefficient (Wildman–Crippen LogP) is 6.42. The third-order valence-corrected chi connectivity index (χ3v) is 9.75. The van der Waals surface area contributed by atoms with Crippen LogP contribution in [0, 0.1) is 34.5 Å². The van der Waals surface area contributed by atoms with E-state index in [1.165, 1.54) is 37.7 Å². The van der Waals surface area contributed by atoms with Crippen molar-refractivity contribution in [1.29, 1.82) is 0 Å². The van der Waals surface area contributed by atoms with Gasteiger partial charge in [0.25, 0.3) is 0 Å². The maximum atomic E-state index is 10.2. The third kappa shape index (κ3) is 3.78. The highest BCUT2D eigenvalue weighted by Gasteiger charge is 2.56. The monoisotopic (exact) mass is 400 g/mol. The minimum absolute atomic E-state index is 0.126. The Labute approximate surface area is 178 Å². The second-order valence-electron chi connectivity index (χ2n) is 12.2. The van der Waals surface area contributed by atoms with E-state index in [0.717, 1.165) is 49.9 Å². The van der Waals surface area contributed by atoms with E-state index >= 15 is 0 Å². The predicted molar refractivity (Wildman–Crippen MR) is 120 cm³/mol. The molecule has 0 spiro atoms. The van der Waals surface area contributed by atoms with E-state index in [2.05, 4.69) is 32.9 Å². The number of aliphatic hydroxyl groups is 2. The van der Waals surface area contributed by atoms with Gasteiger partial charge in [0, 0.05) is 0 Å². The fourth-order valence-electron chi connectivity index (χ4n) is 8.02. The van der Waals surface area contributed by atoms with Crippen molar-refractivity contribution >= 4 is 0 Å². The molecule has 3 saturated carbocycles. The Morgan fingerprint density at radius 3 is 2.55 bits per heavy atom. The molecule has 0 amide bonds. The maximum Gasteiger partial charge on any atom is 0.0591 e. The van der Waals surface area contributed by atoms with E-state index in [1.807, 2.05) is 13.8 Å². The first-order valence-electron chi connectivity index (χ1n) is 12.4. The molecule has 0 heterocycles. The zero-order valence-electron chi connectivity index (χ0n) is 19.5. The van der Waals surface area contributed by atoms with Crippen LogP contribution in [0.25, 0.3) is 0 Å². The zero-order valence-corrected chi connectivity index (χ0v) is 19.5. The molecule has 3 fully saturated rings. The molecule has 7 atom stereocenters. The molecule has 0 aromatic heterocycles. The Morgan fingerprint density at radius 2 is 1.83 bits per heavy atom. The van der Waals surface area contributed by atoms with Gasteiger partial charge in [-0.3, -0.25) is 0 Å². The Balaban J connectivity index is 1.51. The lowest BCUT2D eigenvalue weighted by Crippen LogP contribution is -2.46. The number of aliphatic hydroxyl groups excluding tert-OH is 1. The fourth-order valence-corrected chi connectivity index (χ4v) is 8.02. The molecule has 0 aromatic rings. The first-order chi connectivity index (χ1) is 13.5. The molecule has 2 N–H and O–H groups in total. The van der Waals surface area contributed by atoms with Crippen LogP contribution in [-0.4, -0.2) is 21.9 Å². The van der Waals surface area contributed by atoms with Crippen LogP contribution in [0.4, 0.5) is 0 Å². The van der Waals surface area contributed by atoms with E-state index < -0.39 is 5.60 Å². The lowest BCUT2D eigenvalue weighted by Gasteiger charge is -2.55. The summed E-state index contributed by atoms with van der Waals surface area (Å²) in [6.45, 7) is 11.5. The van der Waals surface area contributed by atoms with Crippen LogP contribution in [0.15, 0.2) is 23.3 Å². The first kappa shape index (κ1) is 21.6. The second-order valence-corrected chi connectivity index (χ2v) is 12.2. The highest BCUT2D eigenvalue weighted by molar-refractivity contribution is 5.38. The Kier molecular flexibility index (Phi) is 5.61. The third-order valence-electron chi connectivity index (χ3n) is 9.75. The highest BCUT2D eigenvalue weighted by atomic mass is 16.3. The van der Waals surface area contributed by atoms with E-state index in [9.17, 15) is 10.2 Å². The van der Waals surface area contributed by atoms with Crippen LogP contribution in [0.1, 0.15) is 98.8 Å². The van der Waals surface area contributed by atoms with Crippen molar-refractivity contribution in [2.45, 2.75) is 111 Å². The summed E-state index contributed by atoms with van der Waals surface area (Å²) in [6, 6.07) is 0. The van der Waals surface area contributed by atoms with Crippen LogP contribution in [-0.2, 0) is 0 Å². The maximum absolute atomic E-state index is 10.2. The van der Waals surface area contributed by atoms with Crippen molar-refractivity contribution in [1.82, 2.24) is 0 Å². The molecule has 0 aliphatic heterocycles. The lowest BCUT2D eigenvalue weighted by atomic mass is 9.50. The van der Waals surface area contributed by atoms with Crippen molar-refractivity contribution in [3.8, 4) is 0 Å². The summed E-state index contributed by atoms with van der Waals surface area (Å²) >= 11 is 0. The topological polar surface area (TPSA) is 40.5 Å². The SMILES string of the molecule is C[C@H](CCCC(C)(C)O)C1CC[C@H]2C3=CC=C4CC(O)CCC4(C)[C@H]3CCC12C. The van der Waals surface area contributed by atoms with Gasteiger partial charge in [-0.1, -0.05) is 56.9 Å². The van der Waals surface area contributed by atoms with Crippen molar-refractivity contribution in [2.24, 2.45) is 34.5 Å². The molecular weight excluding hydrogens is 356 g/mol. The number of allylic oxidation sites excluding steroid dienone is 3. The normalized spacial score (nSPS) is 43.0. The van der Waals surface area contributed by atoms with E-state index in [-0.39, 0.29) is 6.10 Å². The summed E-state index contributed by atoms with van der Waals surface area (Å²) in [5, 5.41) is 20.3. The van der Waals surface area contributed by atoms with Gasteiger partial charge in [0.1, 0.15) is 0 Å². The van der Waals surface area contributed by atoms with E-state index in [1.54, 1.807) is 5.57 Å². The van der Waals surface area contributed by atoms with Crippen LogP contribution in [0.3, 0.4) is 0 Å². The average Bonchev–Trinajstić information content (AvgIpc) is 2.98. The summed E-state index contributed by atoms with van der Waals surface area (Å²) in [7, 11) is 0. The lowest BCUT2D eigenvalue weighted by molar-refractivity contribution is 0.0298. The van der Waals surface area contributed by atoms with Crippen LogP contribution < -0.4 is 0 Å². The van der Waals surface area contributed by atoms with Gasteiger partial charge < -0.3 is 10.2 Å². The summed E-state index contributed by atoms with van der Waals surface area (Å²) in [5.41, 5.74) is 3.49. The Bertz CT molecular complexity index is 683. The van der Waals surface area contributed by atoms with Gasteiger partial charge in [-0.15, -0.1) is 0 Å². The summed E-state index contributed by atoms with van der Waals surface area (Å²) in [5.74, 6) is 3.03. The van der Waals surface area contributed by atoms with Crippen molar-refractivity contribution in [3.05, 3.63) is 23.3 Å². The number of rotatable bonds is 5. The molecule has 0 aromatic carbocycles. The van der Waals surface area contributed by atoms with Gasteiger partial charge in [0.05, 0.1) is 11.7 Å². The zero-order chi connectivity index (χ0) is 21.0. The molecule has 29 heavy (non-hydrogen) atoms. The number of fused-ring (bicyclic) bond motifs is 5. The van der Waals surface area contributed by atoms with Crippen LogP contribution in [0.2, 0.25) is 0 Å². The molecule has 0 saturated heterocycles. The number of hydrogen-bond donors (Lipinski definition) is 2. The van der Waals surface area contributed by atoms with Crippen molar-refractivity contribution < 1.29 is 10.2 Å². The smallest absolute Gasteiger partial charge is 0.0591 e. The fraction of sp³-hybridized carbons (Fsp3) is 0.852. The van der Waals surface area contributed by atoms with Gasteiger partial charge in [-0.05, 0) is 99.7 Å². The van der Waals surface area contributed by atoms with Crippen molar-refractivity contribution in [2.75, 3.05) is 0 Å². The minimum Gasteiger partial charge on any atom is -0.393 e. The molecular formula is C27H44O2. The number of hydrogen-bond acceptors (Lipinski definition) is 2. The van der Waals surface area contributed by atoms with Gasteiger partial charge in [0.2, 0.25) is 0 Å². The van der Waals surface area contributed by atoms with Gasteiger partial charge in [-0.2, -0.15) is 0 Å². The molecule has 164 valence electrons. The average molecular weight is 401 g/mol. The molecule has 4 rings (SSSR count). The van der Waals surface area contributed by atoms with Gasteiger partial charge in [0.15, 0.2) is 0 Å². The summed E-state index contributed by atoms with van der Waals surface area (Å²) in [4.78, 5) is 0. The molecule has 4 aliphatic rings. The highest BCUT2D eigenvalue weighted by Crippen LogP contribution is 2.66. The van der Waals surface area contributed by atoms with Crippen LogP contribution >= 0.6 is 0 Å². The molecule has 0 radical (unpaired) electrons. The Morgan fingerprint density at radius 1 is 1.07 bits per heavy atom. The van der Waals surface area contributed by atoms with E-state index in [4.69, 9.17) is 0 Å². The van der Waals surface area contributed by atoms with Gasteiger partial charge in [-0.25, -0.2) is 0 Å². The molecule has 4 aliphatic carbocycles. The molecule has 4 unspecified atom stereocenters. The molecule has 0 bridgehead atoms. The standard InChI is InChI=1S/C27H44O2/c1-18(7-6-14-25(2,3)29)22-10-11-23-21-9-8-19-17-20(28)12-15-26(19,4)24(21)13-16-27(22,23)5/h8-9,18,20,22-24,28-29H,6-7,10-17H2,1-5H3/t18-,20?,22?,23+,24+,26?,27?/m1/s1. The van der Waals surface area contributed by atoms with Crippen molar-refractivity contribution in [3.63, 3.8) is 0 Å². The first-order valence-corrected chi connectivity index (χ1v) is 12.4. The van der Waals surface area contributed by atoms with Gasteiger partial charge >= 0.3 is 0 Å². The second kappa shape index (κ2) is 7.52. The largest absolute Gasteiger partial charge is 0.393 e. The van der Waals surface area contributed by atoms with E-state index in [0.29, 0.717) is 16.7 Å². The molecule has 2 nitrogen and oxygen atoms in total. The summed E-state index contributed by atoms with van der Waals surface area (Å²) in [6.07, 6.45) is 16.5. The molecule has 2 heteroatoms. The van der Waals surface area contributed by atoms with Crippen LogP contribution in [0.5, 0.6) is 0 Å². The minimum atomic E-state index is -0.528. The quantitative estimate of drug-likeness (QED) is 0.559. The Hall–Kier alpha value is -0.600.